The van der Waals surface area contributed by atoms with Crippen molar-refractivity contribution in [2.24, 2.45) is 0 Å². The van der Waals surface area contributed by atoms with E-state index in [-0.39, 0.29) is 0 Å². The monoisotopic (exact) mass is 366 g/mol. The van der Waals surface area contributed by atoms with Crippen LogP contribution in [0.25, 0.3) is 0 Å². The summed E-state index contributed by atoms with van der Waals surface area (Å²) in [5.41, 5.74) is 1.34. The number of aliphatic hydroxyl groups excluding tert-OH is 1. The van der Waals surface area contributed by atoms with Gasteiger partial charge in [-0.2, -0.15) is 0 Å². The molecule has 1 atom stereocenters. The summed E-state index contributed by atoms with van der Waals surface area (Å²) in [6, 6.07) is 5.08. The maximum Gasteiger partial charge on any atom is 0.138 e. The first kappa shape index (κ1) is 14.2. The lowest BCUT2D eigenvalue weighted by atomic mass is 10.0. The van der Waals surface area contributed by atoms with Crippen LogP contribution in [0, 0.1) is 0 Å². The average molecular weight is 368 g/mol. The van der Waals surface area contributed by atoms with Crippen LogP contribution in [0.2, 0.25) is 10.0 Å². The molecule has 2 aromatic rings. The second-order valence-corrected chi connectivity index (χ2v) is 6.70. The van der Waals surface area contributed by atoms with Gasteiger partial charge in [0.25, 0.3) is 0 Å². The summed E-state index contributed by atoms with van der Waals surface area (Å²) in [4.78, 5) is 0. The average Bonchev–Trinajstić information content (AvgIpc) is 2.77. The topological polar surface area (TPSA) is 29.5 Å². The van der Waals surface area contributed by atoms with E-state index in [1.54, 1.807) is 12.1 Å². The molecular formula is C12H9BrCl2O2S. The molecule has 1 aromatic heterocycles. The van der Waals surface area contributed by atoms with Crippen molar-refractivity contribution < 1.29 is 9.84 Å². The Kier molecular flexibility index (Phi) is 4.56. The molecule has 0 saturated heterocycles. The molecular weight excluding hydrogens is 359 g/mol. The van der Waals surface area contributed by atoms with E-state index in [0.717, 1.165) is 9.35 Å². The SMILES string of the molecule is COc1cc(Cl)c(C(O)c2csc(Br)c2)cc1Cl. The number of benzene rings is 1. The van der Waals surface area contributed by atoms with Gasteiger partial charge in [0.1, 0.15) is 11.9 Å². The zero-order chi connectivity index (χ0) is 13.3. The molecule has 2 rings (SSSR count). The number of methoxy groups -OCH3 is 1. The third kappa shape index (κ3) is 2.83. The number of thiophene rings is 1. The zero-order valence-electron chi connectivity index (χ0n) is 9.28. The molecule has 96 valence electrons. The quantitative estimate of drug-likeness (QED) is 0.835. The van der Waals surface area contributed by atoms with Crippen molar-refractivity contribution in [2.75, 3.05) is 7.11 Å². The molecule has 0 amide bonds. The second kappa shape index (κ2) is 5.80. The normalized spacial score (nSPS) is 12.5. The van der Waals surface area contributed by atoms with Crippen LogP contribution in [0.4, 0.5) is 0 Å². The van der Waals surface area contributed by atoms with Gasteiger partial charge in [0.15, 0.2) is 0 Å². The number of hydrogen-bond donors (Lipinski definition) is 1. The van der Waals surface area contributed by atoms with E-state index < -0.39 is 6.10 Å². The van der Waals surface area contributed by atoms with Crippen LogP contribution in [-0.4, -0.2) is 12.2 Å². The molecule has 6 heteroatoms. The minimum atomic E-state index is -0.802. The lowest BCUT2D eigenvalue weighted by Crippen LogP contribution is -2.00. The van der Waals surface area contributed by atoms with E-state index in [2.05, 4.69) is 15.9 Å². The van der Waals surface area contributed by atoms with E-state index in [9.17, 15) is 5.11 Å². The summed E-state index contributed by atoms with van der Waals surface area (Å²) < 4.78 is 6.02. The summed E-state index contributed by atoms with van der Waals surface area (Å²) in [6.45, 7) is 0. The highest BCUT2D eigenvalue weighted by Gasteiger charge is 2.18. The van der Waals surface area contributed by atoms with Crippen molar-refractivity contribution in [3.05, 3.63) is 48.5 Å². The Bertz CT molecular complexity index is 571. The van der Waals surface area contributed by atoms with Gasteiger partial charge >= 0.3 is 0 Å². The molecule has 0 aliphatic rings. The first-order valence-electron chi connectivity index (χ1n) is 4.98. The molecule has 2 nitrogen and oxygen atoms in total. The molecule has 1 heterocycles. The van der Waals surface area contributed by atoms with Crippen LogP contribution in [0.15, 0.2) is 27.4 Å². The third-order valence-corrected chi connectivity index (χ3v) is 4.61. The van der Waals surface area contributed by atoms with Crippen LogP contribution in [0.1, 0.15) is 17.2 Å². The lowest BCUT2D eigenvalue weighted by molar-refractivity contribution is 0.221. The number of rotatable bonds is 3. The van der Waals surface area contributed by atoms with Crippen LogP contribution < -0.4 is 4.74 Å². The summed E-state index contributed by atoms with van der Waals surface area (Å²) in [5.74, 6) is 0.490. The molecule has 18 heavy (non-hydrogen) atoms. The van der Waals surface area contributed by atoms with Gasteiger partial charge in [0, 0.05) is 11.6 Å². The van der Waals surface area contributed by atoms with Crippen LogP contribution in [-0.2, 0) is 0 Å². The Hall–Kier alpha value is -0.260. The fourth-order valence-electron chi connectivity index (χ4n) is 1.56. The summed E-state index contributed by atoms with van der Waals surface area (Å²) in [5, 5.41) is 13.0. The van der Waals surface area contributed by atoms with Crippen LogP contribution >= 0.6 is 50.5 Å². The van der Waals surface area contributed by atoms with Gasteiger partial charge in [-0.3, -0.25) is 0 Å². The standard InChI is InChI=1S/C12H9BrCl2O2S/c1-17-10-4-8(14)7(3-9(10)15)12(16)6-2-11(13)18-5-6/h2-5,12,16H,1H3. The third-order valence-electron chi connectivity index (χ3n) is 2.47. The van der Waals surface area contributed by atoms with E-state index in [1.807, 2.05) is 11.4 Å². The van der Waals surface area contributed by atoms with Gasteiger partial charge in [-0.05, 0) is 39.0 Å². The maximum atomic E-state index is 10.3. The molecule has 0 saturated carbocycles. The van der Waals surface area contributed by atoms with Crippen molar-refractivity contribution in [2.45, 2.75) is 6.10 Å². The van der Waals surface area contributed by atoms with Gasteiger partial charge in [0.2, 0.25) is 0 Å². The highest BCUT2D eigenvalue weighted by atomic mass is 79.9. The van der Waals surface area contributed by atoms with Crippen LogP contribution in [0.5, 0.6) is 5.75 Å². The van der Waals surface area contributed by atoms with Gasteiger partial charge in [-0.1, -0.05) is 23.2 Å². The van der Waals surface area contributed by atoms with E-state index in [0.29, 0.717) is 21.4 Å². The van der Waals surface area contributed by atoms with Crippen molar-refractivity contribution in [1.82, 2.24) is 0 Å². The van der Waals surface area contributed by atoms with E-state index in [4.69, 9.17) is 27.9 Å². The van der Waals surface area contributed by atoms with Crippen molar-refractivity contribution in [3.63, 3.8) is 0 Å². The first-order chi connectivity index (χ1) is 8.52. The summed E-state index contributed by atoms with van der Waals surface area (Å²) in [7, 11) is 1.52. The zero-order valence-corrected chi connectivity index (χ0v) is 13.2. The second-order valence-electron chi connectivity index (χ2n) is 3.59. The number of ether oxygens (including phenoxy) is 1. The molecule has 0 spiro atoms. The molecule has 0 radical (unpaired) electrons. The number of halogens is 3. The summed E-state index contributed by atoms with van der Waals surface area (Å²) in [6.07, 6.45) is -0.802. The fourth-order valence-corrected chi connectivity index (χ4v) is 3.26. The van der Waals surface area contributed by atoms with E-state index in [1.165, 1.54) is 18.4 Å². The smallest absolute Gasteiger partial charge is 0.138 e. The van der Waals surface area contributed by atoms with E-state index >= 15 is 0 Å². The largest absolute Gasteiger partial charge is 0.495 e. The highest BCUT2D eigenvalue weighted by molar-refractivity contribution is 9.11. The highest BCUT2D eigenvalue weighted by Crippen LogP contribution is 2.37. The maximum absolute atomic E-state index is 10.3. The van der Waals surface area contributed by atoms with Gasteiger partial charge in [-0.25, -0.2) is 0 Å². The lowest BCUT2D eigenvalue weighted by Gasteiger charge is -2.13. The van der Waals surface area contributed by atoms with Crippen molar-refractivity contribution >= 4 is 50.5 Å². The minimum Gasteiger partial charge on any atom is -0.495 e. The van der Waals surface area contributed by atoms with Gasteiger partial charge in [-0.15, -0.1) is 11.3 Å². The fraction of sp³-hybridized carbons (Fsp3) is 0.167. The molecule has 1 unspecified atom stereocenters. The minimum absolute atomic E-state index is 0.422. The Labute approximate surface area is 127 Å². The number of hydrogen-bond acceptors (Lipinski definition) is 3. The summed E-state index contributed by atoms with van der Waals surface area (Å²) >= 11 is 17.0. The Morgan fingerprint density at radius 3 is 2.56 bits per heavy atom. The molecule has 0 bridgehead atoms. The first-order valence-corrected chi connectivity index (χ1v) is 7.40. The van der Waals surface area contributed by atoms with Crippen molar-refractivity contribution in [3.8, 4) is 5.75 Å². The molecule has 0 fully saturated rings. The van der Waals surface area contributed by atoms with Crippen LogP contribution in [0.3, 0.4) is 0 Å². The van der Waals surface area contributed by atoms with Gasteiger partial charge in [0.05, 0.1) is 20.9 Å². The molecule has 0 aliphatic heterocycles. The molecule has 1 N–H and O–H groups in total. The molecule has 0 aliphatic carbocycles. The Balaban J connectivity index is 2.42. The Morgan fingerprint density at radius 1 is 1.28 bits per heavy atom. The molecule has 1 aromatic carbocycles. The number of aliphatic hydroxyl groups is 1. The predicted octanol–water partition coefficient (Wildman–Crippen LogP) is 4.91. The van der Waals surface area contributed by atoms with Gasteiger partial charge < -0.3 is 9.84 Å². The Morgan fingerprint density at radius 2 is 2.00 bits per heavy atom. The van der Waals surface area contributed by atoms with Crippen molar-refractivity contribution in [1.29, 1.82) is 0 Å². The predicted molar refractivity (Wildman–Crippen MR) is 79.1 cm³/mol.